The molecule has 1 unspecified atom stereocenters. The molecule has 1 aliphatic heterocycles. The van der Waals surface area contributed by atoms with Gasteiger partial charge in [-0.15, -0.1) is 0 Å². The Balaban J connectivity index is 1.95. The lowest BCUT2D eigenvalue weighted by atomic mass is 9.87. The lowest BCUT2D eigenvalue weighted by Gasteiger charge is -2.28. The van der Waals surface area contributed by atoms with E-state index in [9.17, 15) is 0 Å². The molecule has 0 spiro atoms. The van der Waals surface area contributed by atoms with Gasteiger partial charge in [-0.3, -0.25) is 0 Å². The van der Waals surface area contributed by atoms with Crippen LogP contribution in [0, 0.1) is 5.92 Å². The fraction of sp³-hybridized carbons (Fsp3) is 0.625. The topological polar surface area (TPSA) is 35.2 Å². The lowest BCUT2D eigenvalue weighted by Crippen LogP contribution is -2.27. The van der Waals surface area contributed by atoms with Gasteiger partial charge in [0.2, 0.25) is 0 Å². The second kappa shape index (κ2) is 6.91. The molecular formula is C16H25NO. The molecule has 0 saturated carbocycles. The number of ether oxygens (including phenoxy) is 1. The zero-order valence-corrected chi connectivity index (χ0v) is 11.4. The highest BCUT2D eigenvalue weighted by molar-refractivity contribution is 5.25. The van der Waals surface area contributed by atoms with Crippen molar-refractivity contribution in [3.8, 4) is 0 Å². The van der Waals surface area contributed by atoms with Gasteiger partial charge in [0.15, 0.2) is 0 Å². The van der Waals surface area contributed by atoms with Gasteiger partial charge in [-0.1, -0.05) is 37.6 Å². The van der Waals surface area contributed by atoms with Crippen molar-refractivity contribution in [3.63, 3.8) is 0 Å². The minimum atomic E-state index is 0.175. The molecule has 1 heterocycles. The Morgan fingerprint density at radius 3 is 2.50 bits per heavy atom. The van der Waals surface area contributed by atoms with E-state index in [1.165, 1.54) is 30.4 Å². The molecule has 0 amide bonds. The highest BCUT2D eigenvalue weighted by Gasteiger charge is 2.21. The van der Waals surface area contributed by atoms with E-state index in [0.717, 1.165) is 26.1 Å². The summed E-state index contributed by atoms with van der Waals surface area (Å²) in [6.45, 7) is 3.97. The number of rotatable bonds is 5. The number of benzene rings is 1. The first-order chi connectivity index (χ1) is 8.81. The van der Waals surface area contributed by atoms with Crippen LogP contribution in [0.4, 0.5) is 0 Å². The van der Waals surface area contributed by atoms with E-state index in [0.29, 0.717) is 5.92 Å². The van der Waals surface area contributed by atoms with Crippen LogP contribution in [0.5, 0.6) is 0 Å². The van der Waals surface area contributed by atoms with Crippen molar-refractivity contribution in [2.45, 2.75) is 45.1 Å². The SMILES string of the molecule is CCCCc1ccc(C(N)C2CCOCC2)cc1. The van der Waals surface area contributed by atoms with Crippen molar-refractivity contribution < 1.29 is 4.74 Å². The zero-order chi connectivity index (χ0) is 12.8. The highest BCUT2D eigenvalue weighted by atomic mass is 16.5. The normalized spacial score (nSPS) is 18.8. The molecule has 2 heteroatoms. The van der Waals surface area contributed by atoms with Gasteiger partial charge >= 0.3 is 0 Å². The van der Waals surface area contributed by atoms with Crippen LogP contribution in [0.3, 0.4) is 0 Å². The van der Waals surface area contributed by atoms with Crippen molar-refractivity contribution in [2.24, 2.45) is 11.7 Å². The van der Waals surface area contributed by atoms with Gasteiger partial charge in [0.05, 0.1) is 0 Å². The zero-order valence-electron chi connectivity index (χ0n) is 11.4. The summed E-state index contributed by atoms with van der Waals surface area (Å²) < 4.78 is 5.39. The standard InChI is InChI=1S/C16H25NO/c1-2-3-4-13-5-7-14(8-6-13)16(17)15-9-11-18-12-10-15/h5-8,15-16H,2-4,9-12,17H2,1H3. The predicted octanol–water partition coefficient (Wildman–Crippen LogP) is 3.46. The predicted molar refractivity (Wildman–Crippen MR) is 75.5 cm³/mol. The third-order valence-corrected chi connectivity index (χ3v) is 3.96. The van der Waals surface area contributed by atoms with E-state index >= 15 is 0 Å². The lowest BCUT2D eigenvalue weighted by molar-refractivity contribution is 0.0584. The molecule has 1 aromatic rings. The second-order valence-corrected chi connectivity index (χ2v) is 5.32. The Kier molecular flexibility index (Phi) is 5.21. The van der Waals surface area contributed by atoms with Crippen LogP contribution in [-0.4, -0.2) is 13.2 Å². The minimum Gasteiger partial charge on any atom is -0.381 e. The highest BCUT2D eigenvalue weighted by Crippen LogP contribution is 2.28. The van der Waals surface area contributed by atoms with Crippen LogP contribution in [0.25, 0.3) is 0 Å². The fourth-order valence-electron chi connectivity index (χ4n) is 2.63. The smallest absolute Gasteiger partial charge is 0.0469 e. The molecule has 2 nitrogen and oxygen atoms in total. The third kappa shape index (κ3) is 3.56. The number of nitrogens with two attached hydrogens (primary N) is 1. The second-order valence-electron chi connectivity index (χ2n) is 5.32. The van der Waals surface area contributed by atoms with Crippen molar-refractivity contribution in [1.82, 2.24) is 0 Å². The van der Waals surface area contributed by atoms with E-state index in [1.807, 2.05) is 0 Å². The molecule has 1 saturated heterocycles. The molecule has 18 heavy (non-hydrogen) atoms. The molecule has 1 atom stereocenters. The number of hydrogen-bond acceptors (Lipinski definition) is 2. The first-order valence-electron chi connectivity index (χ1n) is 7.23. The Morgan fingerprint density at radius 1 is 1.22 bits per heavy atom. The van der Waals surface area contributed by atoms with E-state index in [2.05, 4.69) is 31.2 Å². The fourth-order valence-corrected chi connectivity index (χ4v) is 2.63. The summed E-state index contributed by atoms with van der Waals surface area (Å²) in [6, 6.07) is 9.08. The quantitative estimate of drug-likeness (QED) is 0.865. The Bertz CT molecular complexity index is 341. The average Bonchev–Trinajstić information content (AvgIpc) is 2.46. The summed E-state index contributed by atoms with van der Waals surface area (Å²) in [5, 5.41) is 0. The maximum Gasteiger partial charge on any atom is 0.0469 e. The summed E-state index contributed by atoms with van der Waals surface area (Å²) in [6.07, 6.45) is 5.90. The summed E-state index contributed by atoms with van der Waals surface area (Å²) in [7, 11) is 0. The van der Waals surface area contributed by atoms with Crippen molar-refractivity contribution in [1.29, 1.82) is 0 Å². The molecule has 100 valence electrons. The monoisotopic (exact) mass is 247 g/mol. The molecule has 0 aromatic heterocycles. The maximum absolute atomic E-state index is 6.36. The minimum absolute atomic E-state index is 0.175. The van der Waals surface area contributed by atoms with Crippen LogP contribution in [0.1, 0.15) is 49.8 Å². The van der Waals surface area contributed by atoms with Crippen LogP contribution in [-0.2, 0) is 11.2 Å². The summed E-state index contributed by atoms with van der Waals surface area (Å²) in [4.78, 5) is 0. The summed E-state index contributed by atoms with van der Waals surface area (Å²) in [5.41, 5.74) is 9.07. The molecule has 1 aliphatic rings. The summed E-state index contributed by atoms with van der Waals surface area (Å²) in [5.74, 6) is 0.584. The van der Waals surface area contributed by atoms with E-state index in [4.69, 9.17) is 10.5 Å². The Morgan fingerprint density at radius 2 is 1.89 bits per heavy atom. The third-order valence-electron chi connectivity index (χ3n) is 3.96. The molecule has 1 fully saturated rings. The van der Waals surface area contributed by atoms with Gasteiger partial charge < -0.3 is 10.5 Å². The number of hydrogen-bond donors (Lipinski definition) is 1. The first kappa shape index (κ1) is 13.6. The molecule has 0 aliphatic carbocycles. The molecule has 1 aromatic carbocycles. The summed E-state index contributed by atoms with van der Waals surface area (Å²) >= 11 is 0. The van der Waals surface area contributed by atoms with Crippen LogP contribution in [0.2, 0.25) is 0 Å². The van der Waals surface area contributed by atoms with Gasteiger partial charge in [-0.05, 0) is 42.7 Å². The molecule has 2 rings (SSSR count). The molecule has 2 N–H and O–H groups in total. The van der Waals surface area contributed by atoms with Gasteiger partial charge in [0.25, 0.3) is 0 Å². The van der Waals surface area contributed by atoms with Gasteiger partial charge in [-0.2, -0.15) is 0 Å². The van der Waals surface area contributed by atoms with E-state index < -0.39 is 0 Å². The Hall–Kier alpha value is -0.860. The molecule has 0 bridgehead atoms. The van der Waals surface area contributed by atoms with Crippen LogP contribution < -0.4 is 5.73 Å². The largest absolute Gasteiger partial charge is 0.381 e. The molecule has 0 radical (unpaired) electrons. The Labute approximate surface area is 111 Å². The molecular weight excluding hydrogens is 222 g/mol. The van der Waals surface area contributed by atoms with Gasteiger partial charge in [0, 0.05) is 19.3 Å². The van der Waals surface area contributed by atoms with Crippen LogP contribution >= 0.6 is 0 Å². The van der Waals surface area contributed by atoms with E-state index in [1.54, 1.807) is 0 Å². The van der Waals surface area contributed by atoms with Gasteiger partial charge in [0.1, 0.15) is 0 Å². The van der Waals surface area contributed by atoms with E-state index in [-0.39, 0.29) is 6.04 Å². The van der Waals surface area contributed by atoms with Crippen molar-refractivity contribution in [3.05, 3.63) is 35.4 Å². The number of unbranched alkanes of at least 4 members (excludes halogenated alkanes) is 1. The van der Waals surface area contributed by atoms with Crippen molar-refractivity contribution in [2.75, 3.05) is 13.2 Å². The van der Waals surface area contributed by atoms with Crippen molar-refractivity contribution >= 4 is 0 Å². The maximum atomic E-state index is 6.36. The average molecular weight is 247 g/mol. The number of aryl methyl sites for hydroxylation is 1. The van der Waals surface area contributed by atoms with Gasteiger partial charge in [-0.25, -0.2) is 0 Å². The first-order valence-corrected chi connectivity index (χ1v) is 7.23. The van der Waals surface area contributed by atoms with Crippen LogP contribution in [0.15, 0.2) is 24.3 Å².